The zero-order valence-electron chi connectivity index (χ0n) is 10.8. The molecule has 0 spiro atoms. The van der Waals surface area contributed by atoms with Gasteiger partial charge in [0.05, 0.1) is 5.69 Å². The van der Waals surface area contributed by atoms with E-state index in [0.29, 0.717) is 12.6 Å². The Hall–Kier alpha value is -1.10. The number of nitrogens with zero attached hydrogens (tertiary/aromatic N) is 2. The van der Waals surface area contributed by atoms with Crippen molar-refractivity contribution in [2.24, 2.45) is 0 Å². The van der Waals surface area contributed by atoms with Crippen molar-refractivity contribution in [3.8, 4) is 0 Å². The van der Waals surface area contributed by atoms with E-state index in [4.69, 9.17) is 0 Å². The normalized spacial score (nSPS) is 14.3. The van der Waals surface area contributed by atoms with E-state index in [1.807, 2.05) is 13.1 Å². The number of anilines is 1. The Balaban J connectivity index is 2.73. The van der Waals surface area contributed by atoms with Crippen molar-refractivity contribution in [2.45, 2.75) is 26.3 Å². The van der Waals surface area contributed by atoms with Gasteiger partial charge in [0.25, 0.3) is 0 Å². The summed E-state index contributed by atoms with van der Waals surface area (Å²) in [6.45, 7) is 8.46. The molecule has 1 N–H and O–H groups in total. The number of aryl methyl sites for hydroxylation is 1. The predicted molar refractivity (Wildman–Crippen MR) is 73.9 cm³/mol. The van der Waals surface area contributed by atoms with Crippen LogP contribution in [0.25, 0.3) is 0 Å². The smallest absolute Gasteiger partial charge is 0.203 e. The lowest BCUT2D eigenvalue weighted by Crippen LogP contribution is -2.12. The summed E-state index contributed by atoms with van der Waals surface area (Å²) in [5, 5.41) is 3.21. The predicted octanol–water partition coefficient (Wildman–Crippen LogP) is 2.12. The summed E-state index contributed by atoms with van der Waals surface area (Å²) < 4.78 is 13.2. The van der Waals surface area contributed by atoms with E-state index in [-0.39, 0.29) is 0 Å². The first-order chi connectivity index (χ1) is 8.04. The van der Waals surface area contributed by atoms with Crippen LogP contribution in [0.15, 0.2) is 18.9 Å². The number of rotatable bonds is 7. The molecule has 2 unspecified atom stereocenters. The number of hydrogen-bond acceptors (Lipinski definition) is 3. The number of imidazole rings is 1. The Labute approximate surface area is 106 Å². The number of aromatic nitrogens is 2. The molecule has 96 valence electrons. The van der Waals surface area contributed by atoms with Gasteiger partial charge in [-0.2, -0.15) is 0 Å². The fraction of sp³-hybridized carbons (Fsp3) is 0.583. The first kappa shape index (κ1) is 14.0. The highest BCUT2D eigenvalue weighted by molar-refractivity contribution is 7.84. The van der Waals surface area contributed by atoms with E-state index in [1.54, 1.807) is 12.3 Å². The maximum atomic E-state index is 11.1. The Bertz CT molecular complexity index is 400. The summed E-state index contributed by atoms with van der Waals surface area (Å²) in [7, 11) is -0.735. The van der Waals surface area contributed by atoms with Gasteiger partial charge in [-0.3, -0.25) is 4.21 Å². The largest absolute Gasteiger partial charge is 0.352 e. The summed E-state index contributed by atoms with van der Waals surface area (Å²) in [6.07, 6.45) is 6.46. The fourth-order valence-electron chi connectivity index (χ4n) is 1.62. The second kappa shape index (κ2) is 6.59. The van der Waals surface area contributed by atoms with Gasteiger partial charge in [-0.05, 0) is 20.3 Å². The van der Waals surface area contributed by atoms with Gasteiger partial charge in [-0.25, -0.2) is 4.98 Å². The minimum Gasteiger partial charge on any atom is -0.352 e. The van der Waals surface area contributed by atoms with Crippen molar-refractivity contribution < 1.29 is 4.21 Å². The van der Waals surface area contributed by atoms with Gasteiger partial charge < -0.3 is 9.88 Å². The van der Waals surface area contributed by atoms with Gasteiger partial charge in [0.1, 0.15) is 0 Å². The molecule has 0 bridgehead atoms. The molecule has 1 rings (SSSR count). The molecule has 17 heavy (non-hydrogen) atoms. The Kier molecular flexibility index (Phi) is 5.41. The molecular weight excluding hydrogens is 234 g/mol. The van der Waals surface area contributed by atoms with Gasteiger partial charge in [-0.15, -0.1) is 6.58 Å². The molecule has 0 fully saturated rings. The fourth-order valence-corrected chi connectivity index (χ4v) is 2.29. The minimum absolute atomic E-state index is 0.299. The summed E-state index contributed by atoms with van der Waals surface area (Å²) in [5.41, 5.74) is 0.987. The molecule has 0 amide bonds. The molecule has 0 radical (unpaired) electrons. The number of hydrogen-bond donors (Lipinski definition) is 1. The molecule has 4 nitrogen and oxygen atoms in total. The van der Waals surface area contributed by atoms with E-state index in [9.17, 15) is 4.21 Å². The van der Waals surface area contributed by atoms with E-state index in [0.717, 1.165) is 23.8 Å². The van der Waals surface area contributed by atoms with Crippen LogP contribution < -0.4 is 5.32 Å². The molecule has 0 aliphatic rings. The molecule has 2 atom stereocenters. The Morgan fingerprint density at radius 3 is 3.00 bits per heavy atom. The third kappa shape index (κ3) is 4.34. The van der Waals surface area contributed by atoms with Crippen LogP contribution in [0.3, 0.4) is 0 Å². The van der Waals surface area contributed by atoms with Crippen LogP contribution in [0.2, 0.25) is 0 Å². The van der Waals surface area contributed by atoms with Crippen LogP contribution >= 0.6 is 0 Å². The molecule has 1 aromatic heterocycles. The van der Waals surface area contributed by atoms with Gasteiger partial charge in [-0.1, -0.05) is 6.08 Å². The molecule has 0 saturated heterocycles. The van der Waals surface area contributed by atoms with Gasteiger partial charge in [0.2, 0.25) is 5.95 Å². The van der Waals surface area contributed by atoms with Crippen LogP contribution in [-0.4, -0.2) is 32.3 Å². The van der Waals surface area contributed by atoms with Crippen molar-refractivity contribution in [1.29, 1.82) is 0 Å². The van der Waals surface area contributed by atoms with Crippen molar-refractivity contribution in [2.75, 3.05) is 23.9 Å². The van der Waals surface area contributed by atoms with Crippen LogP contribution in [-0.2, 0) is 10.8 Å². The van der Waals surface area contributed by atoms with Crippen molar-refractivity contribution in [1.82, 2.24) is 9.55 Å². The van der Waals surface area contributed by atoms with Gasteiger partial charge in [0.15, 0.2) is 0 Å². The quantitative estimate of drug-likeness (QED) is 0.759. The summed E-state index contributed by atoms with van der Waals surface area (Å²) in [5.74, 6) is 1.58. The van der Waals surface area contributed by atoms with Crippen molar-refractivity contribution in [3.63, 3.8) is 0 Å². The SMILES string of the molecule is C=CCNc1nc(C)cn1C(C)CCS(C)=O. The molecule has 0 aliphatic heterocycles. The summed E-state index contributed by atoms with van der Waals surface area (Å²) in [6, 6.07) is 0.299. The van der Waals surface area contributed by atoms with Crippen LogP contribution in [0.1, 0.15) is 25.1 Å². The summed E-state index contributed by atoms with van der Waals surface area (Å²) >= 11 is 0. The first-order valence-electron chi connectivity index (χ1n) is 5.75. The average molecular weight is 255 g/mol. The standard InChI is InChI=1S/C12H21N3OS/c1-5-7-13-12-14-10(2)9-15(12)11(3)6-8-17(4)16/h5,9,11H,1,6-8H2,2-4H3,(H,13,14). The third-order valence-electron chi connectivity index (χ3n) is 2.56. The highest BCUT2D eigenvalue weighted by Gasteiger charge is 2.11. The minimum atomic E-state index is -0.735. The van der Waals surface area contributed by atoms with Gasteiger partial charge in [0, 0.05) is 41.6 Å². The van der Waals surface area contributed by atoms with Crippen molar-refractivity contribution in [3.05, 3.63) is 24.5 Å². The topological polar surface area (TPSA) is 46.9 Å². The molecule has 0 aromatic carbocycles. The van der Waals surface area contributed by atoms with Gasteiger partial charge >= 0.3 is 0 Å². The second-order valence-electron chi connectivity index (χ2n) is 4.20. The van der Waals surface area contributed by atoms with Crippen LogP contribution in [0.5, 0.6) is 0 Å². The van der Waals surface area contributed by atoms with Crippen molar-refractivity contribution >= 4 is 16.7 Å². The zero-order valence-corrected chi connectivity index (χ0v) is 11.6. The lowest BCUT2D eigenvalue weighted by Gasteiger charge is -2.15. The lowest BCUT2D eigenvalue weighted by molar-refractivity contribution is 0.536. The third-order valence-corrected chi connectivity index (χ3v) is 3.37. The van der Waals surface area contributed by atoms with Crippen LogP contribution in [0.4, 0.5) is 5.95 Å². The second-order valence-corrected chi connectivity index (χ2v) is 5.75. The zero-order chi connectivity index (χ0) is 12.8. The van der Waals surface area contributed by atoms with E-state index in [1.165, 1.54) is 0 Å². The first-order valence-corrected chi connectivity index (χ1v) is 7.47. The Morgan fingerprint density at radius 1 is 1.71 bits per heavy atom. The highest BCUT2D eigenvalue weighted by atomic mass is 32.2. The van der Waals surface area contributed by atoms with E-state index >= 15 is 0 Å². The van der Waals surface area contributed by atoms with E-state index in [2.05, 4.69) is 28.4 Å². The monoisotopic (exact) mass is 255 g/mol. The highest BCUT2D eigenvalue weighted by Crippen LogP contribution is 2.18. The molecule has 5 heteroatoms. The van der Waals surface area contributed by atoms with E-state index < -0.39 is 10.8 Å². The lowest BCUT2D eigenvalue weighted by atomic mass is 10.2. The molecule has 1 heterocycles. The molecule has 0 aliphatic carbocycles. The van der Waals surface area contributed by atoms with Crippen LogP contribution in [0, 0.1) is 6.92 Å². The Morgan fingerprint density at radius 2 is 2.41 bits per heavy atom. The number of nitrogens with one attached hydrogen (secondary N) is 1. The summed E-state index contributed by atoms with van der Waals surface area (Å²) in [4.78, 5) is 4.42. The maximum absolute atomic E-state index is 11.1. The molecule has 0 saturated carbocycles. The average Bonchev–Trinajstić information content (AvgIpc) is 2.64. The maximum Gasteiger partial charge on any atom is 0.203 e. The molecule has 1 aromatic rings. The molecular formula is C12H21N3OS.